The Morgan fingerprint density at radius 1 is 1.60 bits per heavy atom. The van der Waals surface area contributed by atoms with Crippen LogP contribution in [0.4, 0.5) is 0 Å². The van der Waals surface area contributed by atoms with Gasteiger partial charge in [0.1, 0.15) is 0 Å². The predicted octanol–water partition coefficient (Wildman–Crippen LogP) is 2.13. The molecule has 0 saturated carbocycles. The Hall–Kier alpha value is -0.540. The summed E-state index contributed by atoms with van der Waals surface area (Å²) in [5.41, 5.74) is 0.975. The van der Waals surface area contributed by atoms with E-state index in [0.29, 0.717) is 17.8 Å². The Kier molecular flexibility index (Phi) is 3.32. The van der Waals surface area contributed by atoms with E-state index in [1.807, 2.05) is 6.33 Å². The molecule has 1 aromatic heterocycles. The van der Waals surface area contributed by atoms with Gasteiger partial charge in [0, 0.05) is 18.8 Å². The highest BCUT2D eigenvalue weighted by molar-refractivity contribution is 6.16. The number of alkyl halides is 1. The van der Waals surface area contributed by atoms with Gasteiger partial charge in [-0.25, -0.2) is 4.98 Å². The third-order valence-corrected chi connectivity index (χ3v) is 3.51. The van der Waals surface area contributed by atoms with Gasteiger partial charge < -0.3 is 9.47 Å². The van der Waals surface area contributed by atoms with E-state index in [4.69, 9.17) is 11.6 Å². The third kappa shape index (κ3) is 2.34. The highest BCUT2D eigenvalue weighted by Crippen LogP contribution is 2.27. The van der Waals surface area contributed by atoms with E-state index in [0.717, 1.165) is 5.69 Å². The number of halogens is 1. The van der Waals surface area contributed by atoms with Gasteiger partial charge in [0.2, 0.25) is 0 Å². The summed E-state index contributed by atoms with van der Waals surface area (Å²) in [5, 5.41) is 0. The zero-order chi connectivity index (χ0) is 10.8. The molecule has 2 unspecified atom stereocenters. The molecule has 0 spiro atoms. The Bertz CT molecular complexity index is 323. The lowest BCUT2D eigenvalue weighted by molar-refractivity contribution is 0.159. The van der Waals surface area contributed by atoms with Gasteiger partial charge in [-0.2, -0.15) is 0 Å². The highest BCUT2D eigenvalue weighted by Gasteiger charge is 2.25. The monoisotopic (exact) mass is 227 g/mol. The van der Waals surface area contributed by atoms with Crippen LogP contribution >= 0.6 is 11.6 Å². The minimum absolute atomic E-state index is 0.508. The lowest BCUT2D eigenvalue weighted by Gasteiger charge is -2.35. The van der Waals surface area contributed by atoms with Crippen LogP contribution in [0.2, 0.25) is 0 Å². The van der Waals surface area contributed by atoms with Crippen LogP contribution < -0.4 is 0 Å². The molecular formula is C11H18ClN3. The summed E-state index contributed by atoms with van der Waals surface area (Å²) in [6.45, 7) is 4.64. The predicted molar refractivity (Wildman–Crippen MR) is 62.1 cm³/mol. The molecule has 15 heavy (non-hydrogen) atoms. The summed E-state index contributed by atoms with van der Waals surface area (Å²) < 4.78 is 2.23. The van der Waals surface area contributed by atoms with Crippen LogP contribution in [0.3, 0.4) is 0 Å². The molecular weight excluding hydrogens is 210 g/mol. The van der Waals surface area contributed by atoms with Crippen molar-refractivity contribution in [2.45, 2.75) is 25.3 Å². The lowest BCUT2D eigenvalue weighted by atomic mass is 9.94. The van der Waals surface area contributed by atoms with Crippen molar-refractivity contribution in [2.24, 2.45) is 5.92 Å². The van der Waals surface area contributed by atoms with Gasteiger partial charge in [-0.05, 0) is 25.9 Å². The first-order valence-electron chi connectivity index (χ1n) is 5.47. The summed E-state index contributed by atoms with van der Waals surface area (Å²) >= 11 is 5.75. The molecule has 2 heterocycles. The second-order valence-electron chi connectivity index (χ2n) is 4.54. The van der Waals surface area contributed by atoms with E-state index >= 15 is 0 Å². The first kappa shape index (κ1) is 11.0. The van der Waals surface area contributed by atoms with Crippen LogP contribution in [0, 0.1) is 5.92 Å². The van der Waals surface area contributed by atoms with Gasteiger partial charge in [0.05, 0.1) is 17.9 Å². The molecule has 1 fully saturated rings. The Balaban J connectivity index is 2.09. The molecule has 0 bridgehead atoms. The molecule has 0 amide bonds. The smallest absolute Gasteiger partial charge is 0.0952 e. The number of likely N-dealkylation sites (tertiary alicyclic amines) is 1. The largest absolute Gasteiger partial charge is 0.334 e. The molecule has 1 aliphatic rings. The molecule has 0 aromatic carbocycles. The van der Waals surface area contributed by atoms with E-state index < -0.39 is 0 Å². The maximum absolute atomic E-state index is 5.75. The fraction of sp³-hybridized carbons (Fsp3) is 0.727. The maximum atomic E-state index is 5.75. The zero-order valence-electron chi connectivity index (χ0n) is 9.36. The van der Waals surface area contributed by atoms with Crippen molar-refractivity contribution in [3.8, 4) is 0 Å². The molecule has 84 valence electrons. The number of aromatic nitrogens is 2. The molecule has 4 heteroatoms. The number of hydrogen-bond donors (Lipinski definition) is 0. The van der Waals surface area contributed by atoms with Crippen LogP contribution in [0.25, 0.3) is 0 Å². The second-order valence-corrected chi connectivity index (χ2v) is 4.81. The van der Waals surface area contributed by atoms with Crippen molar-refractivity contribution < 1.29 is 0 Å². The van der Waals surface area contributed by atoms with Gasteiger partial charge in [-0.15, -0.1) is 11.6 Å². The van der Waals surface area contributed by atoms with Crippen LogP contribution in [0.5, 0.6) is 0 Å². The molecule has 1 aromatic rings. The van der Waals surface area contributed by atoms with E-state index in [1.165, 1.54) is 19.5 Å². The van der Waals surface area contributed by atoms with Crippen molar-refractivity contribution in [1.82, 2.24) is 14.5 Å². The van der Waals surface area contributed by atoms with Crippen molar-refractivity contribution in [2.75, 3.05) is 20.1 Å². The lowest BCUT2D eigenvalue weighted by Crippen LogP contribution is -2.37. The summed E-state index contributed by atoms with van der Waals surface area (Å²) in [7, 11) is 2.19. The Labute approximate surface area is 96.0 Å². The highest BCUT2D eigenvalue weighted by atomic mass is 35.5. The quantitative estimate of drug-likeness (QED) is 0.722. The fourth-order valence-corrected chi connectivity index (χ4v) is 2.55. The van der Waals surface area contributed by atoms with Crippen LogP contribution in [0.1, 0.15) is 25.1 Å². The molecule has 1 aliphatic heterocycles. The molecule has 2 atom stereocenters. The maximum Gasteiger partial charge on any atom is 0.0952 e. The zero-order valence-corrected chi connectivity index (χ0v) is 10.1. The third-order valence-electron chi connectivity index (χ3n) is 3.24. The van der Waals surface area contributed by atoms with Gasteiger partial charge in [0.15, 0.2) is 0 Å². The summed E-state index contributed by atoms with van der Waals surface area (Å²) in [5.74, 6) is 1.19. The Morgan fingerprint density at radius 2 is 2.40 bits per heavy atom. The number of piperidine rings is 1. The summed E-state index contributed by atoms with van der Waals surface area (Å²) in [6, 6.07) is 0.589. The molecule has 1 saturated heterocycles. The fourth-order valence-electron chi connectivity index (χ4n) is 2.41. The Morgan fingerprint density at radius 3 is 3.00 bits per heavy atom. The normalized spacial score (nSPS) is 28.2. The first-order chi connectivity index (χ1) is 7.20. The van der Waals surface area contributed by atoms with Crippen LogP contribution in [-0.4, -0.2) is 34.6 Å². The molecule has 0 radical (unpaired) electrons. The molecule has 0 N–H and O–H groups in total. The minimum atomic E-state index is 0.508. The topological polar surface area (TPSA) is 21.1 Å². The van der Waals surface area contributed by atoms with Gasteiger partial charge in [0.25, 0.3) is 0 Å². The summed E-state index contributed by atoms with van der Waals surface area (Å²) in [4.78, 5) is 6.67. The average Bonchev–Trinajstić information content (AvgIpc) is 2.66. The van der Waals surface area contributed by atoms with Crippen molar-refractivity contribution in [1.29, 1.82) is 0 Å². The van der Waals surface area contributed by atoms with Crippen LogP contribution in [0.15, 0.2) is 12.5 Å². The number of hydrogen-bond acceptors (Lipinski definition) is 2. The van der Waals surface area contributed by atoms with Crippen molar-refractivity contribution in [3.05, 3.63) is 18.2 Å². The molecule has 3 nitrogen and oxygen atoms in total. The minimum Gasteiger partial charge on any atom is -0.334 e. The average molecular weight is 228 g/mol. The van der Waals surface area contributed by atoms with Gasteiger partial charge in [-0.3, -0.25) is 0 Å². The SMILES string of the molecule is CC1CN(C)CCC1n1cnc(CCl)c1. The summed E-state index contributed by atoms with van der Waals surface area (Å²) in [6.07, 6.45) is 5.21. The van der Waals surface area contributed by atoms with Gasteiger partial charge in [-0.1, -0.05) is 6.92 Å². The molecule has 0 aliphatic carbocycles. The van der Waals surface area contributed by atoms with Crippen molar-refractivity contribution >= 4 is 11.6 Å². The van der Waals surface area contributed by atoms with E-state index in [-0.39, 0.29) is 0 Å². The van der Waals surface area contributed by atoms with Crippen molar-refractivity contribution in [3.63, 3.8) is 0 Å². The first-order valence-corrected chi connectivity index (χ1v) is 6.01. The van der Waals surface area contributed by atoms with Gasteiger partial charge >= 0.3 is 0 Å². The second kappa shape index (κ2) is 4.54. The number of nitrogens with zero attached hydrogens (tertiary/aromatic N) is 3. The number of rotatable bonds is 2. The van der Waals surface area contributed by atoms with E-state index in [2.05, 4.69) is 34.6 Å². The standard InChI is InChI=1S/C11H18ClN3/c1-9-6-14(2)4-3-11(9)15-7-10(5-12)13-8-15/h7-9,11H,3-6H2,1-2H3. The van der Waals surface area contributed by atoms with E-state index in [1.54, 1.807) is 0 Å². The van der Waals surface area contributed by atoms with E-state index in [9.17, 15) is 0 Å². The van der Waals surface area contributed by atoms with Crippen LogP contribution in [-0.2, 0) is 5.88 Å². The molecule has 2 rings (SSSR count). The number of imidazole rings is 1.